The molecule has 0 atom stereocenters. The van der Waals surface area contributed by atoms with Gasteiger partial charge in [-0.3, -0.25) is 19.3 Å². The van der Waals surface area contributed by atoms with Crippen LogP contribution in [0.2, 0.25) is 0 Å². The topological polar surface area (TPSA) is 86.7 Å². The largest absolute Gasteiger partial charge is 0.343 e. The van der Waals surface area contributed by atoms with E-state index in [-0.39, 0.29) is 17.7 Å². The third-order valence-electron chi connectivity index (χ3n) is 5.79. The fraction of sp³-hybridized carbons (Fsp3) is 0.348. The van der Waals surface area contributed by atoms with Crippen molar-refractivity contribution < 1.29 is 14.4 Å². The lowest BCUT2D eigenvalue weighted by Gasteiger charge is -2.34. The normalized spacial score (nSPS) is 16.5. The zero-order chi connectivity index (χ0) is 23.3. The van der Waals surface area contributed by atoms with E-state index in [0.717, 1.165) is 15.0 Å². The number of thiophene rings is 1. The lowest BCUT2D eigenvalue weighted by molar-refractivity contribution is 0.0507. The minimum absolute atomic E-state index is 0.136. The van der Waals surface area contributed by atoms with Gasteiger partial charge in [0, 0.05) is 37.3 Å². The molecule has 33 heavy (non-hydrogen) atoms. The highest BCUT2D eigenvalue weighted by Crippen LogP contribution is 2.33. The number of fused-ring (bicyclic) bond motifs is 1. The number of carbonyl (C=O) groups is 3. The smallest absolute Gasteiger partial charge is 0.262 e. The molecule has 1 saturated heterocycles. The first kappa shape index (κ1) is 21.7. The van der Waals surface area contributed by atoms with Gasteiger partial charge in [0.1, 0.15) is 0 Å². The molecule has 5 rings (SSSR count). The second-order valence-electron chi connectivity index (χ2n) is 9.02. The number of rotatable bonds is 3. The van der Waals surface area contributed by atoms with Crippen LogP contribution in [0.25, 0.3) is 9.88 Å². The summed E-state index contributed by atoms with van der Waals surface area (Å²) in [5.41, 5.74) is 0.459. The Labute approximate surface area is 199 Å². The van der Waals surface area contributed by atoms with Crippen LogP contribution in [0, 0.1) is 0 Å². The van der Waals surface area contributed by atoms with Gasteiger partial charge in [0.25, 0.3) is 17.7 Å². The van der Waals surface area contributed by atoms with Crippen LogP contribution in [0.3, 0.4) is 0 Å². The van der Waals surface area contributed by atoms with Crippen LogP contribution in [0.5, 0.6) is 0 Å². The lowest BCUT2D eigenvalue weighted by Crippen LogP contribution is -2.48. The van der Waals surface area contributed by atoms with E-state index in [1.54, 1.807) is 45.8 Å². The zero-order valence-corrected chi connectivity index (χ0v) is 20.2. The molecule has 0 spiro atoms. The highest BCUT2D eigenvalue weighted by molar-refractivity contribution is 7.22. The molecule has 1 aromatic carbocycles. The highest BCUT2D eigenvalue weighted by Gasteiger charge is 2.42. The first-order valence-corrected chi connectivity index (χ1v) is 12.4. The van der Waals surface area contributed by atoms with Crippen LogP contribution in [-0.4, -0.2) is 69.4 Å². The van der Waals surface area contributed by atoms with Crippen molar-refractivity contribution in [2.24, 2.45) is 0 Å². The van der Waals surface area contributed by atoms with E-state index in [4.69, 9.17) is 0 Å². The van der Waals surface area contributed by atoms with Crippen LogP contribution in [0.4, 0.5) is 5.13 Å². The number of hydrogen-bond acceptors (Lipinski definition) is 8. The van der Waals surface area contributed by atoms with Crippen molar-refractivity contribution in [3.63, 3.8) is 0 Å². The van der Waals surface area contributed by atoms with Crippen molar-refractivity contribution >= 4 is 45.5 Å². The molecule has 0 radical (unpaired) electrons. The van der Waals surface area contributed by atoms with Gasteiger partial charge < -0.3 is 9.80 Å². The molecular weight excluding hydrogens is 458 g/mol. The molecule has 8 nitrogen and oxygen atoms in total. The number of benzene rings is 1. The van der Waals surface area contributed by atoms with Crippen molar-refractivity contribution in [2.75, 3.05) is 31.1 Å². The van der Waals surface area contributed by atoms with E-state index in [1.165, 1.54) is 4.90 Å². The number of aromatic nitrogens is 2. The molecule has 0 N–H and O–H groups in total. The van der Waals surface area contributed by atoms with Crippen LogP contribution in [0.1, 0.15) is 51.8 Å². The minimum Gasteiger partial charge on any atom is -0.343 e. The van der Waals surface area contributed by atoms with Crippen LogP contribution in [-0.2, 0) is 0 Å². The summed E-state index contributed by atoms with van der Waals surface area (Å²) in [6.07, 6.45) is 0. The first-order valence-electron chi connectivity index (χ1n) is 10.7. The summed E-state index contributed by atoms with van der Waals surface area (Å²) in [7, 11) is 0. The second kappa shape index (κ2) is 8.03. The molecule has 0 saturated carbocycles. The second-order valence-corrected chi connectivity index (χ2v) is 10.9. The summed E-state index contributed by atoms with van der Waals surface area (Å²) in [4.78, 5) is 45.0. The van der Waals surface area contributed by atoms with Gasteiger partial charge in [-0.05, 0) is 50.4 Å². The molecule has 10 heteroatoms. The summed E-state index contributed by atoms with van der Waals surface area (Å²) < 4.78 is 0. The SMILES string of the molecule is CC(C)(C)N1C(=O)c2ccc(C(=O)N3CCN(c4nnc(-c5cccs5)s4)CC3)cc2C1=O. The zero-order valence-electron chi connectivity index (χ0n) is 18.6. The van der Waals surface area contributed by atoms with E-state index in [9.17, 15) is 14.4 Å². The van der Waals surface area contributed by atoms with Crippen molar-refractivity contribution in [3.8, 4) is 9.88 Å². The van der Waals surface area contributed by atoms with E-state index >= 15 is 0 Å². The molecule has 0 bridgehead atoms. The van der Waals surface area contributed by atoms with E-state index in [1.807, 2.05) is 38.3 Å². The third kappa shape index (κ3) is 3.83. The molecule has 2 aliphatic rings. The quantitative estimate of drug-likeness (QED) is 0.531. The molecule has 2 aromatic heterocycles. The molecule has 0 unspecified atom stereocenters. The molecule has 0 aliphatic carbocycles. The van der Waals surface area contributed by atoms with E-state index in [2.05, 4.69) is 15.1 Å². The fourth-order valence-corrected chi connectivity index (χ4v) is 5.80. The maximum absolute atomic E-state index is 13.1. The van der Waals surface area contributed by atoms with E-state index < -0.39 is 5.54 Å². The monoisotopic (exact) mass is 481 g/mol. The van der Waals surface area contributed by atoms with Crippen molar-refractivity contribution in [1.82, 2.24) is 20.0 Å². The van der Waals surface area contributed by atoms with Gasteiger partial charge in [0.2, 0.25) is 5.13 Å². The fourth-order valence-electron chi connectivity index (χ4n) is 4.11. The number of piperazine rings is 1. The Morgan fingerprint density at radius 2 is 1.70 bits per heavy atom. The van der Waals surface area contributed by atoms with Crippen LogP contribution < -0.4 is 4.90 Å². The number of nitrogens with zero attached hydrogens (tertiary/aromatic N) is 5. The minimum atomic E-state index is -0.623. The van der Waals surface area contributed by atoms with Gasteiger partial charge in [0.05, 0.1) is 16.0 Å². The van der Waals surface area contributed by atoms with Gasteiger partial charge in [-0.1, -0.05) is 17.4 Å². The Morgan fingerprint density at radius 1 is 0.970 bits per heavy atom. The first-order chi connectivity index (χ1) is 15.7. The third-order valence-corrected chi connectivity index (χ3v) is 7.81. The predicted molar refractivity (Wildman–Crippen MR) is 128 cm³/mol. The summed E-state index contributed by atoms with van der Waals surface area (Å²) in [5.74, 6) is -0.794. The number of amides is 3. The van der Waals surface area contributed by atoms with Crippen LogP contribution >= 0.6 is 22.7 Å². The number of anilines is 1. The van der Waals surface area contributed by atoms with Crippen molar-refractivity contribution in [2.45, 2.75) is 26.3 Å². The van der Waals surface area contributed by atoms with Crippen LogP contribution in [0.15, 0.2) is 35.7 Å². The number of carbonyl (C=O) groups excluding carboxylic acids is 3. The Bertz CT molecular complexity index is 1240. The molecule has 3 aromatic rings. The Balaban J connectivity index is 1.27. The lowest BCUT2D eigenvalue weighted by atomic mass is 10.0. The maximum Gasteiger partial charge on any atom is 0.262 e. The van der Waals surface area contributed by atoms with Gasteiger partial charge in [-0.2, -0.15) is 0 Å². The van der Waals surface area contributed by atoms with Gasteiger partial charge in [-0.25, -0.2) is 0 Å². The maximum atomic E-state index is 13.1. The van der Waals surface area contributed by atoms with Gasteiger partial charge >= 0.3 is 0 Å². The Kier molecular flexibility index (Phi) is 5.29. The van der Waals surface area contributed by atoms with Gasteiger partial charge in [-0.15, -0.1) is 21.5 Å². The summed E-state index contributed by atoms with van der Waals surface area (Å²) in [6, 6.07) is 8.82. The number of imide groups is 1. The molecular formula is C23H23N5O3S2. The molecule has 170 valence electrons. The average Bonchev–Trinajstić information content (AvgIpc) is 3.53. The molecule has 4 heterocycles. The average molecular weight is 482 g/mol. The molecule has 1 fully saturated rings. The molecule has 2 aliphatic heterocycles. The standard InChI is InChI=1S/C23H23N5O3S2/c1-23(2,3)28-20(30)15-7-6-14(13-16(15)21(28)31)19(29)26-8-10-27(11-9-26)22-25-24-18(33-22)17-5-4-12-32-17/h4-7,12-13H,8-11H2,1-3H3. The van der Waals surface area contributed by atoms with Crippen molar-refractivity contribution in [3.05, 3.63) is 52.4 Å². The summed E-state index contributed by atoms with van der Waals surface area (Å²) in [5, 5.41) is 12.4. The highest BCUT2D eigenvalue weighted by atomic mass is 32.1. The Morgan fingerprint density at radius 3 is 2.36 bits per heavy atom. The summed E-state index contributed by atoms with van der Waals surface area (Å²) >= 11 is 3.19. The number of hydrogen-bond donors (Lipinski definition) is 0. The Hall–Kier alpha value is -3.11. The van der Waals surface area contributed by atoms with Crippen molar-refractivity contribution in [1.29, 1.82) is 0 Å². The molecule has 3 amide bonds. The van der Waals surface area contributed by atoms with Gasteiger partial charge in [0.15, 0.2) is 5.01 Å². The predicted octanol–water partition coefficient (Wildman–Crippen LogP) is 3.62. The summed E-state index contributed by atoms with van der Waals surface area (Å²) in [6.45, 7) is 7.87. The van der Waals surface area contributed by atoms with E-state index in [0.29, 0.717) is 42.9 Å².